The van der Waals surface area contributed by atoms with Crippen LogP contribution in [0.4, 0.5) is 14.6 Å². The second-order valence-corrected chi connectivity index (χ2v) is 9.82. The average Bonchev–Trinajstić information content (AvgIpc) is 2.93. The maximum atomic E-state index is 15.7. The number of amides is 1. The lowest BCUT2D eigenvalue weighted by Crippen LogP contribution is -2.54. The Morgan fingerprint density at radius 3 is 2.42 bits per heavy atom. The molecule has 1 saturated heterocycles. The van der Waals surface area contributed by atoms with Crippen LogP contribution in [-0.2, 0) is 4.79 Å². The first-order valence-corrected chi connectivity index (χ1v) is 12.7. The lowest BCUT2D eigenvalue weighted by Gasteiger charge is -2.40. The Morgan fingerprint density at radius 2 is 1.80 bits per heavy atom. The second kappa shape index (κ2) is 10.3. The summed E-state index contributed by atoms with van der Waals surface area (Å²) in [4.78, 5) is 38.4. The number of carbonyl (C=O) groups is 1. The van der Waals surface area contributed by atoms with Crippen molar-refractivity contribution in [3.63, 3.8) is 0 Å². The Bertz CT molecular complexity index is 1770. The van der Waals surface area contributed by atoms with Gasteiger partial charge in [0.05, 0.1) is 22.7 Å². The number of nitriles is 1. The van der Waals surface area contributed by atoms with E-state index in [1.807, 2.05) is 11.8 Å². The fourth-order valence-corrected chi connectivity index (χ4v) is 5.34. The van der Waals surface area contributed by atoms with Crippen molar-refractivity contribution < 1.29 is 13.6 Å². The molecule has 1 atom stereocenters. The molecular formula is C30H26F2N6O2. The number of fused-ring (bicyclic) bond motifs is 1. The number of rotatable bonds is 4. The number of carbonyl (C=O) groups excluding carboxylic acids is 1. The molecule has 5 rings (SSSR count). The summed E-state index contributed by atoms with van der Waals surface area (Å²) in [5, 5.41) is 9.67. The highest BCUT2D eigenvalue weighted by Crippen LogP contribution is 2.33. The van der Waals surface area contributed by atoms with E-state index in [0.29, 0.717) is 42.0 Å². The highest BCUT2D eigenvalue weighted by atomic mass is 19.1. The number of halogens is 2. The summed E-state index contributed by atoms with van der Waals surface area (Å²) in [6.45, 7) is 10.0. The number of aryl methyl sites for hydroxylation is 2. The minimum atomic E-state index is -0.771. The normalized spacial score (nSPS) is 15.2. The minimum absolute atomic E-state index is 0.0440. The predicted molar refractivity (Wildman–Crippen MR) is 148 cm³/mol. The van der Waals surface area contributed by atoms with Gasteiger partial charge in [-0.1, -0.05) is 18.7 Å². The number of benzene rings is 2. The third-order valence-electron chi connectivity index (χ3n) is 7.16. The molecule has 8 nitrogen and oxygen atoms in total. The first-order chi connectivity index (χ1) is 19.1. The smallest absolute Gasteiger partial charge is 0.350 e. The van der Waals surface area contributed by atoms with Crippen molar-refractivity contribution in [1.82, 2.24) is 19.4 Å². The zero-order chi connectivity index (χ0) is 28.7. The summed E-state index contributed by atoms with van der Waals surface area (Å²) >= 11 is 0. The molecule has 10 heteroatoms. The van der Waals surface area contributed by atoms with E-state index in [-0.39, 0.29) is 40.1 Å². The Kier molecular flexibility index (Phi) is 6.90. The molecule has 0 bridgehead atoms. The summed E-state index contributed by atoms with van der Waals surface area (Å²) in [5.74, 6) is -1.40. The lowest BCUT2D eigenvalue weighted by molar-refractivity contribution is -0.126. The fraction of sp³-hybridized carbons (Fsp3) is 0.233. The fourth-order valence-electron chi connectivity index (χ4n) is 5.34. The largest absolute Gasteiger partial charge is 0.355 e. The summed E-state index contributed by atoms with van der Waals surface area (Å²) in [7, 11) is 0. The average molecular weight is 541 g/mol. The van der Waals surface area contributed by atoms with Gasteiger partial charge < -0.3 is 9.80 Å². The van der Waals surface area contributed by atoms with Crippen LogP contribution in [0.15, 0.2) is 59.9 Å². The maximum absolute atomic E-state index is 15.7. The summed E-state index contributed by atoms with van der Waals surface area (Å²) < 4.78 is 31.7. The molecule has 1 amide bonds. The number of nitrogens with zero attached hydrogens (tertiary/aromatic N) is 6. The summed E-state index contributed by atoms with van der Waals surface area (Å²) in [5.41, 5.74) is 1.28. The van der Waals surface area contributed by atoms with Crippen LogP contribution in [0.3, 0.4) is 0 Å². The molecule has 0 unspecified atom stereocenters. The Balaban J connectivity index is 1.80. The van der Waals surface area contributed by atoms with Crippen LogP contribution in [0.5, 0.6) is 0 Å². The van der Waals surface area contributed by atoms with E-state index in [0.717, 1.165) is 0 Å². The van der Waals surface area contributed by atoms with Crippen molar-refractivity contribution in [3.8, 4) is 23.0 Å². The van der Waals surface area contributed by atoms with E-state index in [1.165, 1.54) is 34.9 Å². The number of pyridine rings is 1. The van der Waals surface area contributed by atoms with E-state index >= 15 is 4.39 Å². The zero-order valence-corrected chi connectivity index (χ0v) is 22.3. The Morgan fingerprint density at radius 1 is 1.10 bits per heavy atom. The highest BCUT2D eigenvalue weighted by Gasteiger charge is 2.30. The number of hydrogen-bond acceptors (Lipinski definition) is 6. The van der Waals surface area contributed by atoms with Crippen LogP contribution >= 0.6 is 0 Å². The molecule has 1 fully saturated rings. The molecule has 0 N–H and O–H groups in total. The van der Waals surface area contributed by atoms with Crippen LogP contribution in [0.2, 0.25) is 0 Å². The van der Waals surface area contributed by atoms with E-state index in [4.69, 9.17) is 0 Å². The van der Waals surface area contributed by atoms with Gasteiger partial charge in [-0.2, -0.15) is 10.2 Å². The monoisotopic (exact) mass is 540 g/mol. The van der Waals surface area contributed by atoms with Crippen LogP contribution < -0.4 is 10.6 Å². The zero-order valence-electron chi connectivity index (χ0n) is 22.3. The van der Waals surface area contributed by atoms with Crippen molar-refractivity contribution in [2.75, 3.05) is 24.5 Å². The van der Waals surface area contributed by atoms with Crippen LogP contribution in [0.25, 0.3) is 28.0 Å². The Hall–Kier alpha value is -4.91. The van der Waals surface area contributed by atoms with Gasteiger partial charge in [-0.3, -0.25) is 4.79 Å². The van der Waals surface area contributed by atoms with Gasteiger partial charge in [-0.05, 0) is 68.3 Å². The molecule has 2 aromatic heterocycles. The number of anilines is 1. The van der Waals surface area contributed by atoms with Gasteiger partial charge in [0.2, 0.25) is 5.91 Å². The first kappa shape index (κ1) is 26.7. The lowest BCUT2D eigenvalue weighted by atomic mass is 10.0. The van der Waals surface area contributed by atoms with Gasteiger partial charge in [-0.15, -0.1) is 0 Å². The topological polar surface area (TPSA) is 95.1 Å². The molecule has 202 valence electrons. The number of piperazine rings is 1. The van der Waals surface area contributed by atoms with Crippen LogP contribution in [0.1, 0.15) is 23.6 Å². The summed E-state index contributed by atoms with van der Waals surface area (Å²) in [6, 6.07) is 12.1. The van der Waals surface area contributed by atoms with Gasteiger partial charge in [0.25, 0.3) is 0 Å². The van der Waals surface area contributed by atoms with Gasteiger partial charge in [0.1, 0.15) is 23.1 Å². The van der Waals surface area contributed by atoms with Crippen molar-refractivity contribution in [1.29, 1.82) is 5.26 Å². The number of aromatic nitrogens is 3. The van der Waals surface area contributed by atoms with Crippen molar-refractivity contribution in [2.45, 2.75) is 26.8 Å². The van der Waals surface area contributed by atoms with E-state index < -0.39 is 17.3 Å². The third-order valence-corrected chi connectivity index (χ3v) is 7.16. The van der Waals surface area contributed by atoms with Crippen LogP contribution in [-0.4, -0.2) is 51.0 Å². The first-order valence-electron chi connectivity index (χ1n) is 12.7. The number of hydrogen-bond donors (Lipinski definition) is 0. The predicted octanol–water partition coefficient (Wildman–Crippen LogP) is 4.44. The molecule has 0 saturated carbocycles. The summed E-state index contributed by atoms with van der Waals surface area (Å²) in [6.07, 6.45) is 1.25. The van der Waals surface area contributed by atoms with Gasteiger partial charge in [0.15, 0.2) is 5.65 Å². The SMILES string of the molecule is C=CC(=O)N1CCN(c2nc(=O)n(-c3c(C)cc(C#N)cc3C)c3nc(-c4ccccc4F)c(F)cc23)[C@@H](C)C1. The van der Waals surface area contributed by atoms with Gasteiger partial charge in [0, 0.05) is 31.2 Å². The standard InChI is InChI=1S/C30H26F2N6O2/c1-5-25(39)36-10-11-37(19(4)16-36)28-22-14-24(32)26(21-8-6-7-9-23(21)31)34-29(22)38(30(40)35-28)27-17(2)12-20(15-33)13-18(27)3/h5-9,12-14,19H,1,10-11,16H2,2-4H3/t19-/m0/s1. The molecule has 0 radical (unpaired) electrons. The van der Waals surface area contributed by atoms with E-state index in [2.05, 4.69) is 22.6 Å². The molecular weight excluding hydrogens is 514 g/mol. The minimum Gasteiger partial charge on any atom is -0.350 e. The molecule has 2 aromatic carbocycles. The molecule has 4 aromatic rings. The van der Waals surface area contributed by atoms with E-state index in [9.17, 15) is 19.2 Å². The molecule has 0 aliphatic carbocycles. The maximum Gasteiger partial charge on any atom is 0.355 e. The van der Waals surface area contributed by atoms with Crippen molar-refractivity contribution in [3.05, 3.63) is 93.9 Å². The highest BCUT2D eigenvalue weighted by molar-refractivity contribution is 5.91. The molecule has 1 aliphatic rings. The third kappa shape index (κ3) is 4.49. The van der Waals surface area contributed by atoms with Gasteiger partial charge >= 0.3 is 5.69 Å². The van der Waals surface area contributed by atoms with Crippen molar-refractivity contribution >= 4 is 22.8 Å². The van der Waals surface area contributed by atoms with E-state index in [1.54, 1.807) is 36.9 Å². The van der Waals surface area contributed by atoms with Crippen molar-refractivity contribution in [2.24, 2.45) is 0 Å². The van der Waals surface area contributed by atoms with Crippen LogP contribution in [0, 0.1) is 36.8 Å². The Labute approximate surface area is 229 Å². The molecule has 40 heavy (non-hydrogen) atoms. The molecule has 0 spiro atoms. The quantitative estimate of drug-likeness (QED) is 0.355. The van der Waals surface area contributed by atoms with Gasteiger partial charge in [-0.25, -0.2) is 23.1 Å². The molecule has 1 aliphatic heterocycles. The second-order valence-electron chi connectivity index (χ2n) is 9.82. The molecule has 3 heterocycles.